The van der Waals surface area contributed by atoms with Gasteiger partial charge < -0.3 is 9.67 Å². The molecule has 5 rings (SSSR count). The van der Waals surface area contributed by atoms with Crippen molar-refractivity contribution < 1.29 is 27.5 Å². The highest BCUT2D eigenvalue weighted by molar-refractivity contribution is 6.00. The first kappa shape index (κ1) is 21.5. The Balaban J connectivity index is 1.88. The lowest BCUT2D eigenvalue weighted by Crippen LogP contribution is -2.30. The molecule has 2 N–H and O–H groups in total. The average Bonchev–Trinajstić information content (AvgIpc) is 3.46. The molecule has 4 aromatic rings. The standard InChI is InChI=1S/C24H21F4N3O2/c1-11(2)22-18(12-5-6-24(28,9-12)23(32)33)19-17(7-13-10-29-30-21(13)20(19)27)31(22)14-3-4-15(25)16(26)8-14/h3-4,7-8,10-12H,5-6,9H2,1-2H3,(H,29,30)(H,32,33)/t12-,24+/m1/s1. The molecule has 2 aromatic carbocycles. The Bertz CT molecular complexity index is 1420. The van der Waals surface area contributed by atoms with E-state index in [4.69, 9.17) is 0 Å². The van der Waals surface area contributed by atoms with Crippen molar-refractivity contribution in [1.82, 2.24) is 14.8 Å². The lowest BCUT2D eigenvalue weighted by Gasteiger charge is -2.19. The van der Waals surface area contributed by atoms with Crippen molar-refractivity contribution in [3.63, 3.8) is 0 Å². The van der Waals surface area contributed by atoms with E-state index in [2.05, 4.69) is 10.2 Å². The van der Waals surface area contributed by atoms with Crippen molar-refractivity contribution >= 4 is 27.8 Å². The molecule has 0 unspecified atom stereocenters. The maximum Gasteiger partial charge on any atom is 0.341 e. The topological polar surface area (TPSA) is 70.9 Å². The van der Waals surface area contributed by atoms with Gasteiger partial charge in [0.1, 0.15) is 5.52 Å². The highest BCUT2D eigenvalue weighted by atomic mass is 19.2. The number of fused-ring (bicyclic) bond motifs is 2. The molecule has 1 saturated carbocycles. The SMILES string of the molecule is CC(C)c1c([C@@H]2CC[C@@](F)(C(=O)O)C2)c2c(F)c3[nH]ncc3cc2n1-c1ccc(F)c(F)c1. The van der Waals surface area contributed by atoms with E-state index < -0.39 is 35.0 Å². The third kappa shape index (κ3) is 3.13. The fourth-order valence-corrected chi connectivity index (χ4v) is 5.17. The van der Waals surface area contributed by atoms with Gasteiger partial charge in [0.15, 0.2) is 17.5 Å². The summed E-state index contributed by atoms with van der Waals surface area (Å²) in [6.07, 6.45) is 1.21. The quantitative estimate of drug-likeness (QED) is 0.362. The molecule has 1 aliphatic carbocycles. The molecule has 5 nitrogen and oxygen atoms in total. The molecule has 2 atom stereocenters. The third-order valence-electron chi connectivity index (χ3n) is 6.64. The number of carbonyl (C=O) groups is 1. The fourth-order valence-electron chi connectivity index (χ4n) is 5.17. The van der Waals surface area contributed by atoms with E-state index in [1.807, 2.05) is 13.8 Å². The summed E-state index contributed by atoms with van der Waals surface area (Å²) in [7, 11) is 0. The molecule has 0 aliphatic heterocycles. The van der Waals surface area contributed by atoms with Crippen LogP contribution in [-0.4, -0.2) is 31.5 Å². The van der Waals surface area contributed by atoms with Gasteiger partial charge in [0, 0.05) is 28.2 Å². The Morgan fingerprint density at radius 2 is 2.00 bits per heavy atom. The van der Waals surface area contributed by atoms with Gasteiger partial charge in [0.05, 0.1) is 11.7 Å². The maximum absolute atomic E-state index is 15.9. The lowest BCUT2D eigenvalue weighted by molar-refractivity contribution is -0.150. The van der Waals surface area contributed by atoms with Crippen molar-refractivity contribution in [2.45, 2.75) is 50.6 Å². The van der Waals surface area contributed by atoms with Crippen LogP contribution in [0, 0.1) is 17.5 Å². The number of aromatic amines is 1. The van der Waals surface area contributed by atoms with Gasteiger partial charge in [-0.05, 0) is 54.9 Å². The minimum atomic E-state index is -2.40. The van der Waals surface area contributed by atoms with Gasteiger partial charge in [0.2, 0.25) is 5.67 Å². The summed E-state index contributed by atoms with van der Waals surface area (Å²) < 4.78 is 60.4. The van der Waals surface area contributed by atoms with Gasteiger partial charge >= 0.3 is 5.97 Å². The predicted molar refractivity (Wildman–Crippen MR) is 115 cm³/mol. The zero-order chi connectivity index (χ0) is 23.7. The Morgan fingerprint density at radius 3 is 2.64 bits per heavy atom. The average molecular weight is 459 g/mol. The predicted octanol–water partition coefficient (Wildman–Crippen LogP) is 6.11. The van der Waals surface area contributed by atoms with Crippen LogP contribution in [0.1, 0.15) is 56.2 Å². The molecule has 0 amide bonds. The molecule has 2 heterocycles. The molecule has 0 spiro atoms. The number of aromatic nitrogens is 3. The number of carboxylic acid groups (broad SMARTS) is 1. The highest BCUT2D eigenvalue weighted by Crippen LogP contribution is 2.50. The van der Waals surface area contributed by atoms with E-state index in [0.29, 0.717) is 27.8 Å². The number of hydrogen-bond acceptors (Lipinski definition) is 2. The zero-order valence-electron chi connectivity index (χ0n) is 17.9. The second kappa shape index (κ2) is 7.33. The number of benzene rings is 2. The van der Waals surface area contributed by atoms with E-state index in [0.717, 1.165) is 12.1 Å². The summed E-state index contributed by atoms with van der Waals surface area (Å²) >= 11 is 0. The van der Waals surface area contributed by atoms with Gasteiger partial charge in [-0.2, -0.15) is 5.10 Å². The number of carboxylic acids is 1. The number of alkyl halides is 1. The van der Waals surface area contributed by atoms with Crippen molar-refractivity contribution in [1.29, 1.82) is 0 Å². The van der Waals surface area contributed by atoms with Crippen molar-refractivity contribution in [3.05, 3.63) is 59.2 Å². The second-order valence-electron chi connectivity index (χ2n) is 9.02. The van der Waals surface area contributed by atoms with E-state index in [1.165, 1.54) is 12.3 Å². The molecule has 0 saturated heterocycles. The smallest absolute Gasteiger partial charge is 0.341 e. The van der Waals surface area contributed by atoms with Crippen molar-refractivity contribution in [3.8, 4) is 5.69 Å². The molecular weight excluding hydrogens is 438 g/mol. The van der Waals surface area contributed by atoms with Crippen LogP contribution in [0.2, 0.25) is 0 Å². The molecule has 33 heavy (non-hydrogen) atoms. The van der Waals surface area contributed by atoms with Crippen LogP contribution in [0.15, 0.2) is 30.5 Å². The van der Waals surface area contributed by atoms with E-state index in [9.17, 15) is 18.7 Å². The highest BCUT2D eigenvalue weighted by Gasteiger charge is 2.48. The Labute approximate surface area is 186 Å². The maximum atomic E-state index is 15.9. The van der Waals surface area contributed by atoms with E-state index in [1.54, 1.807) is 10.6 Å². The molecular formula is C24H21F4N3O2. The van der Waals surface area contributed by atoms with Gasteiger partial charge in [0.25, 0.3) is 0 Å². The molecule has 1 aliphatic rings. The van der Waals surface area contributed by atoms with Crippen molar-refractivity contribution in [2.24, 2.45) is 0 Å². The Kier molecular flexibility index (Phi) is 4.77. The van der Waals surface area contributed by atoms with Gasteiger partial charge in [-0.1, -0.05) is 13.8 Å². The first-order valence-electron chi connectivity index (χ1n) is 10.7. The number of aliphatic carboxylic acids is 1. The van der Waals surface area contributed by atoms with Crippen LogP contribution in [0.5, 0.6) is 0 Å². The number of halogens is 4. The summed E-state index contributed by atoms with van der Waals surface area (Å²) in [4.78, 5) is 11.5. The lowest BCUT2D eigenvalue weighted by atomic mass is 9.89. The number of H-pyrrole nitrogens is 1. The van der Waals surface area contributed by atoms with Gasteiger partial charge in [-0.3, -0.25) is 5.10 Å². The summed E-state index contributed by atoms with van der Waals surface area (Å²) in [5, 5.41) is 16.6. The largest absolute Gasteiger partial charge is 0.479 e. The van der Waals surface area contributed by atoms with Gasteiger partial charge in [-0.15, -0.1) is 0 Å². The molecule has 172 valence electrons. The zero-order valence-corrected chi connectivity index (χ0v) is 17.9. The molecule has 2 aromatic heterocycles. The molecule has 0 bridgehead atoms. The van der Waals surface area contributed by atoms with Crippen LogP contribution in [0.4, 0.5) is 17.6 Å². The van der Waals surface area contributed by atoms with Gasteiger partial charge in [-0.25, -0.2) is 22.4 Å². The summed E-state index contributed by atoms with van der Waals surface area (Å²) in [6, 6.07) is 5.13. The summed E-state index contributed by atoms with van der Waals surface area (Å²) in [5.41, 5.74) is -0.431. The normalized spacial score (nSPS) is 21.0. The molecule has 0 radical (unpaired) electrons. The monoisotopic (exact) mass is 459 g/mol. The molecule has 9 heteroatoms. The third-order valence-corrected chi connectivity index (χ3v) is 6.64. The fraction of sp³-hybridized carbons (Fsp3) is 0.333. The number of nitrogens with one attached hydrogen (secondary N) is 1. The van der Waals surface area contributed by atoms with Crippen LogP contribution in [0.25, 0.3) is 27.5 Å². The Hall–Kier alpha value is -3.36. The second-order valence-corrected chi connectivity index (χ2v) is 9.02. The Morgan fingerprint density at radius 1 is 1.24 bits per heavy atom. The first-order chi connectivity index (χ1) is 15.6. The number of hydrogen-bond donors (Lipinski definition) is 2. The number of nitrogens with zero attached hydrogens (tertiary/aromatic N) is 2. The summed E-state index contributed by atoms with van der Waals surface area (Å²) in [5.74, 6) is -4.96. The van der Waals surface area contributed by atoms with Crippen LogP contribution >= 0.6 is 0 Å². The van der Waals surface area contributed by atoms with Crippen LogP contribution < -0.4 is 0 Å². The van der Waals surface area contributed by atoms with Crippen LogP contribution in [0.3, 0.4) is 0 Å². The van der Waals surface area contributed by atoms with Crippen molar-refractivity contribution in [2.75, 3.05) is 0 Å². The first-order valence-corrected chi connectivity index (χ1v) is 10.7. The van der Waals surface area contributed by atoms with Crippen LogP contribution in [-0.2, 0) is 4.79 Å². The van der Waals surface area contributed by atoms with E-state index >= 15 is 8.78 Å². The van der Waals surface area contributed by atoms with E-state index in [-0.39, 0.29) is 36.1 Å². The minimum absolute atomic E-state index is 0.171. The molecule has 1 fully saturated rings. The number of rotatable bonds is 4. The summed E-state index contributed by atoms with van der Waals surface area (Å²) in [6.45, 7) is 3.74. The minimum Gasteiger partial charge on any atom is -0.479 e.